The van der Waals surface area contributed by atoms with E-state index >= 15 is 0 Å². The molecule has 28 heavy (non-hydrogen) atoms. The first-order valence-corrected chi connectivity index (χ1v) is 11.0. The predicted octanol–water partition coefficient (Wildman–Crippen LogP) is 2.92. The lowest BCUT2D eigenvalue weighted by Crippen LogP contribution is -2.49. The number of aromatic nitrogens is 1. The third-order valence-corrected chi connectivity index (χ3v) is 5.92. The topological polar surface area (TPSA) is 48.5 Å². The van der Waals surface area contributed by atoms with Crippen molar-refractivity contribution < 1.29 is 4.79 Å². The van der Waals surface area contributed by atoms with Crippen LogP contribution in [0, 0.1) is 0 Å². The van der Waals surface area contributed by atoms with Gasteiger partial charge in [-0.2, -0.15) is 0 Å². The molecule has 0 unspecified atom stereocenters. The van der Waals surface area contributed by atoms with Gasteiger partial charge in [0.05, 0.1) is 18.8 Å². The first-order chi connectivity index (χ1) is 13.4. The average Bonchev–Trinajstić information content (AvgIpc) is 3.13. The molecule has 1 aliphatic rings. The van der Waals surface area contributed by atoms with E-state index in [1.165, 1.54) is 16.3 Å². The molecule has 0 spiro atoms. The Kier molecular flexibility index (Phi) is 7.21. The van der Waals surface area contributed by atoms with Gasteiger partial charge in [0.15, 0.2) is 0 Å². The number of amides is 1. The highest BCUT2D eigenvalue weighted by atomic mass is 32.1. The highest BCUT2D eigenvalue weighted by molar-refractivity contribution is 7.09. The van der Waals surface area contributed by atoms with E-state index < -0.39 is 0 Å². The van der Waals surface area contributed by atoms with Crippen molar-refractivity contribution in [3.05, 3.63) is 52.0 Å². The van der Waals surface area contributed by atoms with Crippen LogP contribution in [0.25, 0.3) is 0 Å². The molecule has 1 aromatic heterocycles. The van der Waals surface area contributed by atoms with E-state index in [2.05, 4.69) is 53.4 Å². The molecule has 5 nitrogen and oxygen atoms in total. The molecule has 0 saturated carbocycles. The van der Waals surface area contributed by atoms with E-state index in [1.807, 2.05) is 18.2 Å². The van der Waals surface area contributed by atoms with Crippen LogP contribution in [0.4, 0.5) is 0 Å². The summed E-state index contributed by atoms with van der Waals surface area (Å²) >= 11 is 1.76. The Hall–Kier alpha value is -1.76. The van der Waals surface area contributed by atoms with Gasteiger partial charge < -0.3 is 5.32 Å². The maximum atomic E-state index is 12.2. The summed E-state index contributed by atoms with van der Waals surface area (Å²) in [4.78, 5) is 21.7. The molecule has 1 fully saturated rings. The molecule has 0 bridgehead atoms. The molecule has 2 heterocycles. The Bertz CT molecular complexity index is 745. The van der Waals surface area contributed by atoms with Gasteiger partial charge in [-0.25, -0.2) is 4.98 Å². The van der Waals surface area contributed by atoms with Crippen molar-refractivity contribution in [1.29, 1.82) is 0 Å². The van der Waals surface area contributed by atoms with Gasteiger partial charge in [0.25, 0.3) is 0 Å². The molecule has 2 aromatic rings. The molecule has 152 valence electrons. The number of hydrogen-bond donors (Lipinski definition) is 1. The number of rotatable bonds is 7. The Morgan fingerprint density at radius 1 is 1.11 bits per heavy atom. The lowest BCUT2D eigenvalue weighted by molar-refractivity contribution is -0.122. The Morgan fingerprint density at radius 3 is 2.43 bits per heavy atom. The smallest absolute Gasteiger partial charge is 0.234 e. The first kappa shape index (κ1) is 21.0. The second-order valence-electron chi connectivity index (χ2n) is 8.51. The number of piperazine rings is 1. The van der Waals surface area contributed by atoms with Crippen molar-refractivity contribution in [3.8, 4) is 0 Å². The van der Waals surface area contributed by atoms with Crippen molar-refractivity contribution in [3.63, 3.8) is 0 Å². The number of carbonyl (C=O) groups excluding carboxylic acids is 1. The largest absolute Gasteiger partial charge is 0.355 e. The molecule has 1 saturated heterocycles. The SMILES string of the molecule is CC(C)(C)c1csc(CN2CCN(CC(=O)NCCc3ccccc3)CC2)n1. The number of nitrogens with one attached hydrogen (secondary N) is 1. The molecule has 6 heteroatoms. The monoisotopic (exact) mass is 400 g/mol. The highest BCUT2D eigenvalue weighted by Gasteiger charge is 2.21. The maximum absolute atomic E-state index is 12.2. The molecule has 1 amide bonds. The standard InChI is InChI=1S/C22H32N4OS/c1-22(2,3)19-17-28-21(24-19)16-26-13-11-25(12-14-26)15-20(27)23-10-9-18-7-5-4-6-8-18/h4-8,17H,9-16H2,1-3H3,(H,23,27). The quantitative estimate of drug-likeness (QED) is 0.776. The fourth-order valence-corrected chi connectivity index (χ4v) is 4.34. The van der Waals surface area contributed by atoms with Crippen molar-refractivity contribution in [2.24, 2.45) is 0 Å². The van der Waals surface area contributed by atoms with Crippen LogP contribution < -0.4 is 5.32 Å². The van der Waals surface area contributed by atoms with Crippen molar-refractivity contribution >= 4 is 17.2 Å². The summed E-state index contributed by atoms with van der Waals surface area (Å²) in [6.45, 7) is 12.6. The highest BCUT2D eigenvalue weighted by Crippen LogP contribution is 2.24. The molecule has 1 aliphatic heterocycles. The van der Waals surface area contributed by atoms with E-state index in [4.69, 9.17) is 4.98 Å². The van der Waals surface area contributed by atoms with Gasteiger partial charge in [0.1, 0.15) is 5.01 Å². The van der Waals surface area contributed by atoms with Gasteiger partial charge in [-0.1, -0.05) is 51.1 Å². The zero-order valence-electron chi connectivity index (χ0n) is 17.3. The average molecular weight is 401 g/mol. The van der Waals surface area contributed by atoms with Crippen LogP contribution in [0.2, 0.25) is 0 Å². The summed E-state index contributed by atoms with van der Waals surface area (Å²) in [5, 5.41) is 6.42. The van der Waals surface area contributed by atoms with Crippen LogP contribution in [-0.4, -0.2) is 60.0 Å². The van der Waals surface area contributed by atoms with Gasteiger partial charge in [-0.15, -0.1) is 11.3 Å². The minimum atomic E-state index is 0.112. The fourth-order valence-electron chi connectivity index (χ4n) is 3.27. The van der Waals surface area contributed by atoms with Crippen molar-refractivity contribution in [1.82, 2.24) is 20.1 Å². The van der Waals surface area contributed by atoms with Crippen LogP contribution in [0.1, 0.15) is 37.0 Å². The summed E-state index contributed by atoms with van der Waals surface area (Å²) in [6.07, 6.45) is 0.880. The lowest BCUT2D eigenvalue weighted by Gasteiger charge is -2.33. The molecule has 1 aromatic carbocycles. The minimum Gasteiger partial charge on any atom is -0.355 e. The van der Waals surface area contributed by atoms with Gasteiger partial charge in [0.2, 0.25) is 5.91 Å². The molecule has 0 radical (unpaired) electrons. The third-order valence-electron chi connectivity index (χ3n) is 5.09. The lowest BCUT2D eigenvalue weighted by atomic mass is 9.93. The molecule has 0 aliphatic carbocycles. The number of carbonyl (C=O) groups is 1. The Morgan fingerprint density at radius 2 is 1.79 bits per heavy atom. The van der Waals surface area contributed by atoms with Gasteiger partial charge in [-0.3, -0.25) is 14.6 Å². The Balaban J connectivity index is 1.34. The summed E-state index contributed by atoms with van der Waals surface area (Å²) in [5.74, 6) is 0.124. The van der Waals surface area contributed by atoms with Crippen LogP contribution in [0.15, 0.2) is 35.7 Å². The zero-order valence-corrected chi connectivity index (χ0v) is 18.1. The predicted molar refractivity (Wildman–Crippen MR) is 116 cm³/mol. The van der Waals surface area contributed by atoms with E-state index in [0.717, 1.165) is 39.1 Å². The van der Waals surface area contributed by atoms with Crippen LogP contribution in [0.3, 0.4) is 0 Å². The van der Waals surface area contributed by atoms with E-state index in [9.17, 15) is 4.79 Å². The molecule has 0 atom stereocenters. The van der Waals surface area contributed by atoms with Crippen LogP contribution >= 0.6 is 11.3 Å². The molecular formula is C22H32N4OS. The molecule has 3 rings (SSSR count). The second-order valence-corrected chi connectivity index (χ2v) is 9.46. The van der Waals surface area contributed by atoms with Crippen molar-refractivity contribution in [2.75, 3.05) is 39.3 Å². The summed E-state index contributed by atoms with van der Waals surface area (Å²) in [5.41, 5.74) is 2.55. The number of thiazole rings is 1. The van der Waals surface area contributed by atoms with Gasteiger partial charge in [-0.05, 0) is 12.0 Å². The summed E-state index contributed by atoms with van der Waals surface area (Å²) < 4.78 is 0. The van der Waals surface area contributed by atoms with Crippen molar-refractivity contribution in [2.45, 2.75) is 39.2 Å². The third kappa shape index (κ3) is 6.40. The van der Waals surface area contributed by atoms with E-state index in [0.29, 0.717) is 13.1 Å². The summed E-state index contributed by atoms with van der Waals surface area (Å²) in [7, 11) is 0. The second kappa shape index (κ2) is 9.63. The molecule has 1 N–H and O–H groups in total. The van der Waals surface area contributed by atoms with Gasteiger partial charge >= 0.3 is 0 Å². The number of hydrogen-bond acceptors (Lipinski definition) is 5. The summed E-state index contributed by atoms with van der Waals surface area (Å²) in [6, 6.07) is 10.3. The number of benzene rings is 1. The normalized spacial score (nSPS) is 16.2. The first-order valence-electron chi connectivity index (χ1n) is 10.1. The van der Waals surface area contributed by atoms with Crippen LogP contribution in [-0.2, 0) is 23.2 Å². The van der Waals surface area contributed by atoms with Crippen LogP contribution in [0.5, 0.6) is 0 Å². The number of nitrogens with zero attached hydrogens (tertiary/aromatic N) is 3. The van der Waals surface area contributed by atoms with E-state index in [-0.39, 0.29) is 11.3 Å². The fraction of sp³-hybridized carbons (Fsp3) is 0.545. The zero-order chi connectivity index (χ0) is 20.0. The Labute approximate surface area is 172 Å². The molecular weight excluding hydrogens is 368 g/mol. The maximum Gasteiger partial charge on any atom is 0.234 e. The van der Waals surface area contributed by atoms with Gasteiger partial charge in [0, 0.05) is 43.5 Å². The minimum absolute atomic E-state index is 0.112. The van der Waals surface area contributed by atoms with E-state index in [1.54, 1.807) is 11.3 Å².